The van der Waals surface area contributed by atoms with Crippen LogP contribution in [-0.4, -0.2) is 72.2 Å². The van der Waals surface area contributed by atoms with Gasteiger partial charge in [0.25, 0.3) is 6.43 Å². The van der Waals surface area contributed by atoms with E-state index in [4.69, 9.17) is 14.5 Å². The number of rotatable bonds is 8. The highest BCUT2D eigenvalue weighted by Crippen LogP contribution is 2.30. The van der Waals surface area contributed by atoms with Crippen molar-refractivity contribution in [3.63, 3.8) is 0 Å². The Morgan fingerprint density at radius 3 is 2.64 bits per heavy atom. The van der Waals surface area contributed by atoms with Crippen LogP contribution < -0.4 is 15.5 Å². The first-order valence-electron chi connectivity index (χ1n) is 12.5. The number of nitrogens with one attached hydrogen (secondary N) is 2. The predicted octanol–water partition coefficient (Wildman–Crippen LogP) is 3.75. The van der Waals surface area contributed by atoms with Gasteiger partial charge in [-0.25, -0.2) is 13.8 Å². The zero-order valence-electron chi connectivity index (χ0n) is 20.7. The highest BCUT2D eigenvalue weighted by Gasteiger charge is 2.27. The van der Waals surface area contributed by atoms with Gasteiger partial charge in [-0.15, -0.1) is 0 Å². The lowest BCUT2D eigenvalue weighted by Gasteiger charge is -2.35. The first-order valence-corrected chi connectivity index (χ1v) is 12.5. The molecule has 11 heteroatoms. The third kappa shape index (κ3) is 5.14. The second-order valence-corrected chi connectivity index (χ2v) is 9.35. The molecular formula is C25H33F2N7O2. The van der Waals surface area contributed by atoms with Gasteiger partial charge in [0.2, 0.25) is 5.95 Å². The van der Waals surface area contributed by atoms with Gasteiger partial charge in [0.05, 0.1) is 24.2 Å². The van der Waals surface area contributed by atoms with Gasteiger partial charge in [-0.3, -0.25) is 4.57 Å². The molecule has 0 radical (unpaired) electrons. The number of imidazole rings is 1. The molecule has 1 saturated heterocycles. The van der Waals surface area contributed by atoms with Gasteiger partial charge in [0.1, 0.15) is 11.6 Å². The summed E-state index contributed by atoms with van der Waals surface area (Å²) in [4.78, 5) is 15.6. The average Bonchev–Trinajstić information content (AvgIpc) is 3.32. The topological polar surface area (TPSA) is 89.4 Å². The van der Waals surface area contributed by atoms with E-state index in [9.17, 15) is 8.78 Å². The van der Waals surface area contributed by atoms with Crippen LogP contribution in [0.25, 0.3) is 16.9 Å². The number of nitrogens with zero attached hydrogens (tertiary/aromatic N) is 5. The van der Waals surface area contributed by atoms with E-state index in [2.05, 4.69) is 20.6 Å². The average molecular weight is 502 g/mol. The minimum absolute atomic E-state index is 0.333. The second-order valence-electron chi connectivity index (χ2n) is 9.35. The molecule has 0 bridgehead atoms. The van der Waals surface area contributed by atoms with Crippen LogP contribution in [0.4, 0.5) is 20.5 Å². The summed E-state index contributed by atoms with van der Waals surface area (Å²) < 4.78 is 40.8. The number of hydrogen-bond donors (Lipinski definition) is 2. The quantitative estimate of drug-likeness (QED) is 0.483. The summed E-state index contributed by atoms with van der Waals surface area (Å²) in [6.45, 7) is 2.20. The maximum absolute atomic E-state index is 14.1. The molecule has 3 heterocycles. The van der Waals surface area contributed by atoms with Crippen LogP contribution in [-0.2, 0) is 9.47 Å². The summed E-state index contributed by atoms with van der Waals surface area (Å²) in [7, 11) is 3.63. The molecule has 2 aliphatic rings. The fraction of sp³-hybridized carbons (Fsp3) is 0.560. The number of ether oxygens (including phenoxy) is 2. The van der Waals surface area contributed by atoms with Gasteiger partial charge in [-0.05, 0) is 50.8 Å². The lowest BCUT2D eigenvalue weighted by Crippen LogP contribution is -2.47. The number of anilines is 2. The van der Waals surface area contributed by atoms with Crippen molar-refractivity contribution in [2.75, 3.05) is 50.7 Å². The standard InChI is InChI=1S/C25H33F2N7O2/c1-28-17-9-7-16(8-10-17)14-29-25-31-20(33-11-12-36-15-22(33)35-2)13-21(32-25)34-19-6-4-3-5-18(19)30-24(34)23(26)27/h3-6,13,16-17,22-23,28H,7-12,14-15H2,1-2H3,(H,29,31,32)/t16-,17-,22-/m1/s1. The fourth-order valence-electron chi connectivity index (χ4n) is 5.12. The zero-order valence-corrected chi connectivity index (χ0v) is 20.7. The molecule has 2 N–H and O–H groups in total. The maximum atomic E-state index is 14.1. The third-order valence-electron chi connectivity index (χ3n) is 7.16. The number of para-hydroxylation sites is 2. The number of morpholine rings is 1. The Balaban J connectivity index is 1.52. The summed E-state index contributed by atoms with van der Waals surface area (Å²) in [6, 6.07) is 9.39. The van der Waals surface area contributed by atoms with Gasteiger partial charge in [0, 0.05) is 32.3 Å². The Morgan fingerprint density at radius 1 is 1.11 bits per heavy atom. The molecule has 36 heavy (non-hydrogen) atoms. The number of methoxy groups -OCH3 is 1. The summed E-state index contributed by atoms with van der Waals surface area (Å²) in [5, 5.41) is 6.76. The van der Waals surface area contributed by atoms with E-state index < -0.39 is 6.43 Å². The molecule has 1 saturated carbocycles. The molecule has 1 atom stereocenters. The minimum Gasteiger partial charge on any atom is -0.375 e. The van der Waals surface area contributed by atoms with Crippen LogP contribution >= 0.6 is 0 Å². The van der Waals surface area contributed by atoms with E-state index in [1.807, 2.05) is 11.9 Å². The van der Waals surface area contributed by atoms with Crippen LogP contribution in [0, 0.1) is 5.92 Å². The zero-order chi connectivity index (χ0) is 25.1. The summed E-state index contributed by atoms with van der Waals surface area (Å²) in [5.41, 5.74) is 1.06. The molecule has 0 amide bonds. The van der Waals surface area contributed by atoms with Crippen molar-refractivity contribution in [3.05, 3.63) is 36.2 Å². The monoisotopic (exact) mass is 501 g/mol. The molecule has 0 unspecified atom stereocenters. The minimum atomic E-state index is -2.76. The van der Waals surface area contributed by atoms with E-state index in [0.29, 0.717) is 60.3 Å². The Labute approximate surface area is 209 Å². The van der Waals surface area contributed by atoms with Crippen molar-refractivity contribution in [1.82, 2.24) is 24.8 Å². The van der Waals surface area contributed by atoms with Gasteiger partial charge < -0.3 is 25.0 Å². The largest absolute Gasteiger partial charge is 0.375 e. The Bertz CT molecular complexity index is 1170. The van der Waals surface area contributed by atoms with Crippen LogP contribution in [0.3, 0.4) is 0 Å². The summed E-state index contributed by atoms with van der Waals surface area (Å²) >= 11 is 0. The molecule has 2 aromatic heterocycles. The fourth-order valence-corrected chi connectivity index (χ4v) is 5.12. The van der Waals surface area contributed by atoms with Crippen LogP contribution in [0.1, 0.15) is 37.9 Å². The van der Waals surface area contributed by atoms with E-state index in [1.54, 1.807) is 37.4 Å². The van der Waals surface area contributed by atoms with Crippen molar-refractivity contribution in [2.45, 2.75) is 44.4 Å². The molecule has 3 aromatic rings. The molecule has 194 valence electrons. The highest BCUT2D eigenvalue weighted by molar-refractivity contribution is 5.78. The van der Waals surface area contributed by atoms with Gasteiger partial charge in [-0.1, -0.05) is 12.1 Å². The highest BCUT2D eigenvalue weighted by atomic mass is 19.3. The Kier molecular flexibility index (Phi) is 7.59. The molecule has 1 aliphatic carbocycles. The van der Waals surface area contributed by atoms with E-state index in [-0.39, 0.29) is 12.1 Å². The normalized spacial score (nSPS) is 22.9. The number of fused-ring (bicyclic) bond motifs is 1. The molecule has 5 rings (SSSR count). The van der Waals surface area contributed by atoms with Crippen molar-refractivity contribution in [3.8, 4) is 5.82 Å². The van der Waals surface area contributed by atoms with Crippen molar-refractivity contribution in [2.24, 2.45) is 5.92 Å². The molecule has 1 aliphatic heterocycles. The Hall–Kier alpha value is -2.89. The van der Waals surface area contributed by atoms with Gasteiger partial charge in [0.15, 0.2) is 12.1 Å². The number of halogens is 2. The van der Waals surface area contributed by atoms with E-state index in [1.165, 1.54) is 4.57 Å². The van der Waals surface area contributed by atoms with Crippen LogP contribution in [0.2, 0.25) is 0 Å². The molecule has 1 aromatic carbocycles. The maximum Gasteiger partial charge on any atom is 0.296 e. The first kappa shape index (κ1) is 24.8. The van der Waals surface area contributed by atoms with E-state index >= 15 is 0 Å². The van der Waals surface area contributed by atoms with Gasteiger partial charge in [-0.2, -0.15) is 9.97 Å². The van der Waals surface area contributed by atoms with Crippen molar-refractivity contribution in [1.29, 1.82) is 0 Å². The number of alkyl halides is 2. The lowest BCUT2D eigenvalue weighted by atomic mass is 9.86. The molecule has 2 fully saturated rings. The third-order valence-corrected chi connectivity index (χ3v) is 7.16. The molecule has 9 nitrogen and oxygen atoms in total. The first-order chi connectivity index (χ1) is 17.6. The molecular weight excluding hydrogens is 468 g/mol. The number of benzene rings is 1. The molecule has 0 spiro atoms. The number of hydrogen-bond acceptors (Lipinski definition) is 8. The SMILES string of the molecule is CN[C@H]1CC[C@H](CNc2nc(N3CCOC[C@H]3OC)cc(-n3c(C(F)F)nc4ccccc43)n2)CC1. The predicted molar refractivity (Wildman–Crippen MR) is 134 cm³/mol. The van der Waals surface area contributed by atoms with E-state index in [0.717, 1.165) is 32.2 Å². The Morgan fingerprint density at radius 2 is 1.89 bits per heavy atom. The summed E-state index contributed by atoms with van der Waals surface area (Å²) in [6.07, 6.45) is 1.41. The smallest absolute Gasteiger partial charge is 0.296 e. The summed E-state index contributed by atoms with van der Waals surface area (Å²) in [5.74, 6) is 1.49. The number of aromatic nitrogens is 4. The van der Waals surface area contributed by atoms with Crippen LogP contribution in [0.5, 0.6) is 0 Å². The van der Waals surface area contributed by atoms with Crippen LogP contribution in [0.15, 0.2) is 30.3 Å². The lowest BCUT2D eigenvalue weighted by molar-refractivity contribution is -0.0191. The van der Waals surface area contributed by atoms with Crippen molar-refractivity contribution < 1.29 is 18.3 Å². The van der Waals surface area contributed by atoms with Crippen molar-refractivity contribution >= 4 is 22.8 Å². The van der Waals surface area contributed by atoms with Gasteiger partial charge >= 0.3 is 0 Å². The second kappa shape index (κ2) is 11.0.